The van der Waals surface area contributed by atoms with E-state index in [1.165, 1.54) is 0 Å². The molecule has 5 heteroatoms. The lowest BCUT2D eigenvalue weighted by molar-refractivity contribution is 0.146. The van der Waals surface area contributed by atoms with Crippen molar-refractivity contribution in [3.63, 3.8) is 0 Å². The number of nitrogens with zero attached hydrogens (tertiary/aromatic N) is 4. The number of aromatic nitrogens is 2. The van der Waals surface area contributed by atoms with E-state index in [4.69, 9.17) is 0 Å². The Bertz CT molecular complexity index is 306. The molecular formula is C10H15BrN4. The third-order valence-corrected chi connectivity index (χ3v) is 3.06. The molecule has 0 spiro atoms. The molecule has 0 N–H and O–H groups in total. The van der Waals surface area contributed by atoms with Gasteiger partial charge in [0.15, 0.2) is 0 Å². The van der Waals surface area contributed by atoms with Gasteiger partial charge in [0.1, 0.15) is 4.60 Å². The highest BCUT2D eigenvalue weighted by molar-refractivity contribution is 9.10. The van der Waals surface area contributed by atoms with Crippen molar-refractivity contribution in [2.45, 2.75) is 6.54 Å². The zero-order valence-electron chi connectivity index (χ0n) is 8.86. The molecule has 1 aliphatic heterocycles. The molecule has 0 amide bonds. The lowest BCUT2D eigenvalue weighted by atomic mass is 10.3. The fourth-order valence-corrected chi connectivity index (χ4v) is 1.86. The quantitative estimate of drug-likeness (QED) is 0.803. The summed E-state index contributed by atoms with van der Waals surface area (Å²) in [6.07, 6.45) is 3.59. The molecule has 1 saturated heterocycles. The topological polar surface area (TPSA) is 32.3 Å². The first-order chi connectivity index (χ1) is 7.24. The summed E-state index contributed by atoms with van der Waals surface area (Å²) in [5, 5.41) is 0. The van der Waals surface area contributed by atoms with Crippen LogP contribution in [0.1, 0.15) is 5.69 Å². The van der Waals surface area contributed by atoms with E-state index in [-0.39, 0.29) is 0 Å². The average molecular weight is 271 g/mol. The number of hydrogen-bond donors (Lipinski definition) is 0. The number of piperazine rings is 1. The molecule has 0 bridgehead atoms. The number of halogens is 1. The SMILES string of the molecule is CN1CCN(Cc2cnc(Br)cn2)CC1. The van der Waals surface area contributed by atoms with Crippen molar-refractivity contribution in [3.05, 3.63) is 22.7 Å². The van der Waals surface area contributed by atoms with Crippen molar-refractivity contribution in [3.8, 4) is 0 Å². The van der Waals surface area contributed by atoms with Crippen molar-refractivity contribution in [1.82, 2.24) is 19.8 Å². The highest BCUT2D eigenvalue weighted by atomic mass is 79.9. The second kappa shape index (κ2) is 5.01. The fourth-order valence-electron chi connectivity index (χ4n) is 1.66. The second-order valence-corrected chi connectivity index (χ2v) is 4.72. The maximum atomic E-state index is 4.33. The van der Waals surface area contributed by atoms with Gasteiger partial charge in [0, 0.05) is 32.7 Å². The maximum absolute atomic E-state index is 4.33. The lowest BCUT2D eigenvalue weighted by Gasteiger charge is -2.31. The zero-order valence-corrected chi connectivity index (χ0v) is 10.4. The summed E-state index contributed by atoms with van der Waals surface area (Å²) in [5.74, 6) is 0. The van der Waals surface area contributed by atoms with Gasteiger partial charge >= 0.3 is 0 Å². The van der Waals surface area contributed by atoms with E-state index >= 15 is 0 Å². The van der Waals surface area contributed by atoms with E-state index in [0.29, 0.717) is 0 Å². The predicted molar refractivity (Wildman–Crippen MR) is 62.5 cm³/mol. The van der Waals surface area contributed by atoms with E-state index in [9.17, 15) is 0 Å². The Balaban J connectivity index is 1.89. The average Bonchev–Trinajstić information content (AvgIpc) is 2.25. The van der Waals surface area contributed by atoms with E-state index in [1.54, 1.807) is 6.20 Å². The normalized spacial score (nSPS) is 19.3. The molecule has 82 valence electrons. The molecule has 0 saturated carbocycles. The van der Waals surface area contributed by atoms with Crippen molar-refractivity contribution in [2.24, 2.45) is 0 Å². The van der Waals surface area contributed by atoms with E-state index in [2.05, 4.69) is 42.7 Å². The van der Waals surface area contributed by atoms with Crippen molar-refractivity contribution >= 4 is 15.9 Å². The Morgan fingerprint density at radius 3 is 2.53 bits per heavy atom. The third-order valence-electron chi connectivity index (χ3n) is 2.66. The Labute approximate surface area is 98.4 Å². The number of hydrogen-bond acceptors (Lipinski definition) is 4. The lowest BCUT2D eigenvalue weighted by Crippen LogP contribution is -2.44. The molecule has 0 radical (unpaired) electrons. The zero-order chi connectivity index (χ0) is 10.7. The van der Waals surface area contributed by atoms with Crippen LogP contribution in [-0.4, -0.2) is 53.0 Å². The molecule has 15 heavy (non-hydrogen) atoms. The van der Waals surface area contributed by atoms with Crippen LogP contribution in [0.15, 0.2) is 17.0 Å². The van der Waals surface area contributed by atoms with Gasteiger partial charge in [-0.15, -0.1) is 0 Å². The van der Waals surface area contributed by atoms with Crippen LogP contribution in [0.25, 0.3) is 0 Å². The molecule has 2 rings (SSSR count). The summed E-state index contributed by atoms with van der Waals surface area (Å²) in [4.78, 5) is 13.3. The van der Waals surface area contributed by atoms with Gasteiger partial charge in [0.25, 0.3) is 0 Å². The van der Waals surface area contributed by atoms with E-state index < -0.39 is 0 Å². The minimum absolute atomic E-state index is 0.796. The first-order valence-electron chi connectivity index (χ1n) is 5.11. The Morgan fingerprint density at radius 2 is 1.93 bits per heavy atom. The summed E-state index contributed by atoms with van der Waals surface area (Å²) in [7, 11) is 2.16. The molecule has 4 nitrogen and oxygen atoms in total. The molecule has 0 unspecified atom stereocenters. The molecule has 1 fully saturated rings. The maximum Gasteiger partial charge on any atom is 0.124 e. The monoisotopic (exact) mass is 270 g/mol. The summed E-state index contributed by atoms with van der Waals surface area (Å²) < 4.78 is 0.796. The van der Waals surface area contributed by atoms with Gasteiger partial charge < -0.3 is 4.90 Å². The van der Waals surface area contributed by atoms with Crippen LogP contribution in [-0.2, 0) is 6.54 Å². The van der Waals surface area contributed by atoms with Gasteiger partial charge in [0.2, 0.25) is 0 Å². The molecule has 1 aromatic heterocycles. The fraction of sp³-hybridized carbons (Fsp3) is 0.600. The van der Waals surface area contributed by atoms with Gasteiger partial charge in [-0.25, -0.2) is 4.98 Å². The van der Waals surface area contributed by atoms with Crippen LogP contribution in [0.5, 0.6) is 0 Å². The number of rotatable bonds is 2. The standard InChI is InChI=1S/C10H15BrN4/c1-14-2-4-15(5-3-14)8-9-6-13-10(11)7-12-9/h6-7H,2-5,8H2,1H3. The van der Waals surface area contributed by atoms with Gasteiger partial charge in [0.05, 0.1) is 18.1 Å². The first-order valence-corrected chi connectivity index (χ1v) is 5.90. The van der Waals surface area contributed by atoms with Crippen LogP contribution in [0, 0.1) is 0 Å². The molecular weight excluding hydrogens is 256 g/mol. The minimum atomic E-state index is 0.796. The number of likely N-dealkylation sites (N-methyl/N-ethyl adjacent to an activating group) is 1. The Morgan fingerprint density at radius 1 is 1.20 bits per heavy atom. The van der Waals surface area contributed by atoms with Gasteiger partial charge in [-0.2, -0.15) is 0 Å². The van der Waals surface area contributed by atoms with Crippen LogP contribution >= 0.6 is 15.9 Å². The van der Waals surface area contributed by atoms with Crippen LogP contribution in [0.2, 0.25) is 0 Å². The van der Waals surface area contributed by atoms with E-state index in [1.807, 2.05) is 6.20 Å². The smallest absolute Gasteiger partial charge is 0.124 e. The van der Waals surface area contributed by atoms with E-state index in [0.717, 1.165) is 43.0 Å². The molecule has 2 heterocycles. The minimum Gasteiger partial charge on any atom is -0.304 e. The van der Waals surface area contributed by atoms with Crippen LogP contribution < -0.4 is 0 Å². The molecule has 1 aliphatic rings. The van der Waals surface area contributed by atoms with Crippen molar-refractivity contribution in [1.29, 1.82) is 0 Å². The third kappa shape index (κ3) is 3.22. The van der Waals surface area contributed by atoms with Crippen molar-refractivity contribution < 1.29 is 0 Å². The van der Waals surface area contributed by atoms with Gasteiger partial charge in [-0.3, -0.25) is 9.88 Å². The second-order valence-electron chi connectivity index (χ2n) is 3.91. The van der Waals surface area contributed by atoms with Crippen LogP contribution in [0.3, 0.4) is 0 Å². The van der Waals surface area contributed by atoms with Gasteiger partial charge in [-0.1, -0.05) is 0 Å². The first kappa shape index (κ1) is 11.0. The molecule has 0 aromatic carbocycles. The largest absolute Gasteiger partial charge is 0.304 e. The van der Waals surface area contributed by atoms with Crippen molar-refractivity contribution in [2.75, 3.05) is 33.2 Å². The summed E-state index contributed by atoms with van der Waals surface area (Å²) >= 11 is 3.28. The predicted octanol–water partition coefficient (Wildman–Crippen LogP) is 0.986. The summed E-state index contributed by atoms with van der Waals surface area (Å²) in [6.45, 7) is 5.44. The molecule has 1 aromatic rings. The Hall–Kier alpha value is -0.520. The van der Waals surface area contributed by atoms with Gasteiger partial charge in [-0.05, 0) is 23.0 Å². The highest BCUT2D eigenvalue weighted by Gasteiger charge is 2.14. The highest BCUT2D eigenvalue weighted by Crippen LogP contribution is 2.07. The molecule has 0 atom stereocenters. The Kier molecular flexibility index (Phi) is 3.66. The molecule has 0 aliphatic carbocycles. The summed E-state index contributed by atoms with van der Waals surface area (Å²) in [6, 6.07) is 0. The van der Waals surface area contributed by atoms with Crippen LogP contribution in [0.4, 0.5) is 0 Å². The summed E-state index contributed by atoms with van der Waals surface area (Å²) in [5.41, 5.74) is 1.04.